The standard InChI is InChI=1S/C44H46N8O3/c1-50(2)39(32-13-7-4-8-14-32)44(55)52-26-10-16-37(52)41-46-28-35(48-41)30-20-17-29(18-21-30)19-24-34-27-45-40(47-34)36-15-9-25-51(36)43(54)38(31-11-5-3-6-12-31)49-42(53)33-22-23-33/h3-8,11-14,17-18,20-21,27-28,33,36-39H,9-10,15-16,22-23,25-26H2,1-2H3,(H,45,47)(H,46,48)(H,49,53). The lowest BCUT2D eigenvalue weighted by molar-refractivity contribution is -0.138. The predicted octanol–water partition coefficient (Wildman–Crippen LogP) is 6.10. The van der Waals surface area contributed by atoms with Gasteiger partial charge in [0.2, 0.25) is 17.7 Å². The van der Waals surface area contributed by atoms with E-state index in [1.165, 1.54) is 0 Å². The molecule has 4 heterocycles. The van der Waals surface area contributed by atoms with Crippen LogP contribution in [0.25, 0.3) is 11.3 Å². The number of benzene rings is 3. The first-order valence-corrected chi connectivity index (χ1v) is 19.2. The van der Waals surface area contributed by atoms with Crippen molar-refractivity contribution in [2.24, 2.45) is 5.92 Å². The smallest absolute Gasteiger partial charge is 0.250 e. The molecular formula is C44H46N8O3. The van der Waals surface area contributed by atoms with Gasteiger partial charge in [-0.05, 0) is 87.4 Å². The molecule has 1 saturated carbocycles. The number of carbonyl (C=O) groups excluding carboxylic acids is 3. The Balaban J connectivity index is 0.924. The first-order valence-electron chi connectivity index (χ1n) is 19.2. The Kier molecular flexibility index (Phi) is 10.3. The summed E-state index contributed by atoms with van der Waals surface area (Å²) in [5.41, 5.74) is 5.14. The van der Waals surface area contributed by atoms with Gasteiger partial charge in [-0.25, -0.2) is 9.97 Å². The summed E-state index contributed by atoms with van der Waals surface area (Å²) in [5.74, 6) is 7.84. The minimum Gasteiger partial charge on any atom is -0.340 e. The maximum atomic E-state index is 14.0. The largest absolute Gasteiger partial charge is 0.340 e. The van der Waals surface area contributed by atoms with Gasteiger partial charge in [0.05, 0.1) is 30.2 Å². The normalized spacial score (nSPS) is 19.2. The Morgan fingerprint density at radius 1 is 0.727 bits per heavy atom. The molecule has 3 aromatic carbocycles. The third-order valence-corrected chi connectivity index (χ3v) is 10.9. The average Bonchev–Trinajstić information content (AvgIpc) is 3.64. The van der Waals surface area contributed by atoms with Crippen molar-refractivity contribution in [1.29, 1.82) is 0 Å². The van der Waals surface area contributed by atoms with Gasteiger partial charge < -0.3 is 25.1 Å². The van der Waals surface area contributed by atoms with E-state index < -0.39 is 6.04 Å². The highest BCUT2D eigenvalue weighted by atomic mass is 16.2. The van der Waals surface area contributed by atoms with Gasteiger partial charge in [0.15, 0.2) is 0 Å². The minimum atomic E-state index is -0.734. The van der Waals surface area contributed by atoms with E-state index >= 15 is 0 Å². The molecule has 3 N–H and O–H groups in total. The Morgan fingerprint density at radius 2 is 1.33 bits per heavy atom. The first-order chi connectivity index (χ1) is 26.8. The third-order valence-electron chi connectivity index (χ3n) is 10.9. The van der Waals surface area contributed by atoms with Crippen molar-refractivity contribution >= 4 is 17.7 Å². The van der Waals surface area contributed by atoms with Crippen LogP contribution in [0, 0.1) is 17.8 Å². The Bertz CT molecular complexity index is 2200. The van der Waals surface area contributed by atoms with Crippen LogP contribution < -0.4 is 5.32 Å². The summed E-state index contributed by atoms with van der Waals surface area (Å²) in [5, 5.41) is 3.03. The summed E-state index contributed by atoms with van der Waals surface area (Å²) in [4.78, 5) is 62.6. The van der Waals surface area contributed by atoms with Gasteiger partial charge in [0, 0.05) is 24.6 Å². The molecule has 11 nitrogen and oxygen atoms in total. The number of hydrogen-bond acceptors (Lipinski definition) is 6. The van der Waals surface area contributed by atoms with Gasteiger partial charge >= 0.3 is 0 Å². The molecule has 3 fully saturated rings. The predicted molar refractivity (Wildman–Crippen MR) is 209 cm³/mol. The number of rotatable bonds is 10. The quantitative estimate of drug-likeness (QED) is 0.149. The highest BCUT2D eigenvalue weighted by Gasteiger charge is 2.39. The Morgan fingerprint density at radius 3 is 1.96 bits per heavy atom. The highest BCUT2D eigenvalue weighted by Crippen LogP contribution is 2.36. The monoisotopic (exact) mass is 734 g/mol. The van der Waals surface area contributed by atoms with Crippen LogP contribution in [0.5, 0.6) is 0 Å². The molecule has 2 aliphatic heterocycles. The molecule has 2 aromatic heterocycles. The van der Waals surface area contributed by atoms with Gasteiger partial charge in [-0.2, -0.15) is 0 Å². The fourth-order valence-electron chi connectivity index (χ4n) is 7.88. The molecule has 0 spiro atoms. The molecule has 1 aliphatic carbocycles. The summed E-state index contributed by atoms with van der Waals surface area (Å²) in [6, 6.07) is 26.0. The van der Waals surface area contributed by atoms with Gasteiger partial charge in [0.25, 0.3) is 0 Å². The van der Waals surface area contributed by atoms with Gasteiger partial charge in [-0.1, -0.05) is 78.7 Å². The zero-order chi connectivity index (χ0) is 37.9. The van der Waals surface area contributed by atoms with E-state index in [0.717, 1.165) is 72.3 Å². The molecule has 4 atom stereocenters. The lowest BCUT2D eigenvalue weighted by atomic mass is 10.0. The van der Waals surface area contributed by atoms with Crippen LogP contribution in [-0.2, 0) is 14.4 Å². The van der Waals surface area contributed by atoms with Crippen LogP contribution in [0.3, 0.4) is 0 Å². The van der Waals surface area contributed by atoms with Crippen molar-refractivity contribution in [2.75, 3.05) is 27.2 Å². The number of hydrogen-bond donors (Lipinski definition) is 3. The van der Waals surface area contributed by atoms with Crippen molar-refractivity contribution in [2.45, 2.75) is 62.7 Å². The lowest BCUT2D eigenvalue weighted by Gasteiger charge is -2.31. The molecule has 0 bridgehead atoms. The molecule has 55 heavy (non-hydrogen) atoms. The van der Waals surface area contributed by atoms with Gasteiger partial charge in [0.1, 0.15) is 29.4 Å². The molecule has 5 aromatic rings. The van der Waals surface area contributed by atoms with Crippen LogP contribution in [0.15, 0.2) is 97.3 Å². The molecule has 3 aliphatic rings. The molecule has 0 radical (unpaired) electrons. The second-order valence-corrected chi connectivity index (χ2v) is 15.0. The molecule has 2 saturated heterocycles. The van der Waals surface area contributed by atoms with Crippen molar-refractivity contribution in [3.8, 4) is 23.1 Å². The van der Waals surface area contributed by atoms with Gasteiger partial charge in [-0.15, -0.1) is 0 Å². The first kappa shape index (κ1) is 36.0. The van der Waals surface area contributed by atoms with E-state index in [0.29, 0.717) is 24.6 Å². The summed E-state index contributed by atoms with van der Waals surface area (Å²) in [6.45, 7) is 1.30. The van der Waals surface area contributed by atoms with Crippen LogP contribution in [0.4, 0.5) is 0 Å². The number of nitrogens with zero attached hydrogens (tertiary/aromatic N) is 5. The zero-order valence-corrected chi connectivity index (χ0v) is 31.2. The fourth-order valence-corrected chi connectivity index (χ4v) is 7.88. The van der Waals surface area contributed by atoms with Crippen molar-refractivity contribution < 1.29 is 14.4 Å². The number of amides is 3. The molecule has 4 unspecified atom stereocenters. The highest BCUT2D eigenvalue weighted by molar-refractivity contribution is 5.90. The maximum absolute atomic E-state index is 14.0. The Labute approximate surface area is 321 Å². The molecule has 3 amide bonds. The van der Waals surface area contributed by atoms with Crippen molar-refractivity contribution in [1.82, 2.24) is 40.0 Å². The lowest BCUT2D eigenvalue weighted by Crippen LogP contribution is -2.43. The third kappa shape index (κ3) is 7.82. The number of aromatic amines is 2. The Hall–Kier alpha value is -5.99. The maximum Gasteiger partial charge on any atom is 0.250 e. The molecule has 280 valence electrons. The summed E-state index contributed by atoms with van der Waals surface area (Å²) in [6.07, 6.45) is 8.71. The SMILES string of the molecule is CN(C)C(C(=O)N1CCCC1c1ncc(-c2ccc(C#Cc3cnc(C4CCCN4C(=O)C(NC(=O)C4CC4)c4ccccc4)[nH]3)cc2)[nH]1)c1ccccc1. The number of likely N-dealkylation sites (tertiary alicyclic amines) is 2. The van der Waals surface area contributed by atoms with E-state index in [9.17, 15) is 14.4 Å². The number of likely N-dealkylation sites (N-methyl/N-ethyl adjacent to an activating group) is 1. The van der Waals surface area contributed by atoms with E-state index in [1.807, 2.05) is 120 Å². The van der Waals surface area contributed by atoms with Crippen LogP contribution in [0.2, 0.25) is 0 Å². The number of aromatic nitrogens is 4. The number of nitrogens with one attached hydrogen (secondary N) is 3. The topological polar surface area (TPSA) is 130 Å². The van der Waals surface area contributed by atoms with Crippen LogP contribution >= 0.6 is 0 Å². The number of H-pyrrole nitrogens is 2. The zero-order valence-electron chi connectivity index (χ0n) is 31.2. The van der Waals surface area contributed by atoms with Gasteiger partial charge in [-0.3, -0.25) is 19.3 Å². The fraction of sp³-hybridized carbons (Fsp3) is 0.341. The summed E-state index contributed by atoms with van der Waals surface area (Å²) in [7, 11) is 3.89. The average molecular weight is 735 g/mol. The summed E-state index contributed by atoms with van der Waals surface area (Å²) < 4.78 is 0. The molecule has 11 heteroatoms. The van der Waals surface area contributed by atoms with Crippen LogP contribution in [-0.4, -0.2) is 79.5 Å². The second-order valence-electron chi connectivity index (χ2n) is 15.0. The number of carbonyl (C=O) groups is 3. The molecule has 8 rings (SSSR count). The van der Waals surface area contributed by atoms with E-state index in [-0.39, 0.29) is 41.8 Å². The van der Waals surface area contributed by atoms with Crippen molar-refractivity contribution in [3.63, 3.8) is 0 Å². The van der Waals surface area contributed by atoms with Crippen molar-refractivity contribution in [3.05, 3.63) is 131 Å². The minimum absolute atomic E-state index is 0.00239. The molecular weight excluding hydrogens is 689 g/mol. The summed E-state index contributed by atoms with van der Waals surface area (Å²) >= 11 is 0. The van der Waals surface area contributed by atoms with Crippen LogP contribution in [0.1, 0.15) is 96.7 Å². The van der Waals surface area contributed by atoms with E-state index in [4.69, 9.17) is 4.98 Å². The second kappa shape index (κ2) is 15.8. The van der Waals surface area contributed by atoms with E-state index in [1.54, 1.807) is 6.20 Å². The van der Waals surface area contributed by atoms with E-state index in [2.05, 4.69) is 32.1 Å². The number of imidazole rings is 2.